The molecule has 1 aromatic heterocycles. The topological polar surface area (TPSA) is 83.0 Å². The average Bonchev–Trinajstić information content (AvgIpc) is 3.44. The van der Waals surface area contributed by atoms with Crippen LogP contribution in [-0.2, 0) is 9.47 Å². The molecule has 3 aromatic rings. The third-order valence-electron chi connectivity index (χ3n) is 5.75. The Labute approximate surface area is 240 Å². The van der Waals surface area contributed by atoms with Crippen LogP contribution in [-0.4, -0.2) is 58.4 Å². The van der Waals surface area contributed by atoms with Crippen molar-refractivity contribution in [1.82, 2.24) is 15.1 Å². The minimum atomic E-state index is -0.903. The molecule has 8 nitrogen and oxygen atoms in total. The Morgan fingerprint density at radius 2 is 1.85 bits per heavy atom. The van der Waals surface area contributed by atoms with Crippen molar-refractivity contribution in [3.8, 4) is 32.6 Å². The van der Waals surface area contributed by atoms with Crippen LogP contribution >= 0.6 is 34.5 Å². The van der Waals surface area contributed by atoms with Gasteiger partial charge < -0.3 is 18.9 Å². The summed E-state index contributed by atoms with van der Waals surface area (Å²) in [6, 6.07) is 7.49. The van der Waals surface area contributed by atoms with Gasteiger partial charge in [-0.1, -0.05) is 34.5 Å². The predicted octanol–water partition coefficient (Wildman–Crippen LogP) is 7.47. The highest BCUT2D eigenvalue weighted by Crippen LogP contribution is 2.39. The Morgan fingerprint density at radius 3 is 2.51 bits per heavy atom. The maximum Gasteiger partial charge on any atom is 0.413 e. The van der Waals surface area contributed by atoms with Crippen LogP contribution in [0.15, 0.2) is 30.3 Å². The van der Waals surface area contributed by atoms with Crippen molar-refractivity contribution in [1.29, 1.82) is 0 Å². The van der Waals surface area contributed by atoms with Crippen LogP contribution in [0.1, 0.15) is 41.5 Å². The van der Waals surface area contributed by atoms with E-state index in [4.69, 9.17) is 42.1 Å². The fourth-order valence-electron chi connectivity index (χ4n) is 4.03. The Kier molecular flexibility index (Phi) is 8.61. The lowest BCUT2D eigenvalue weighted by Gasteiger charge is -2.35. The van der Waals surface area contributed by atoms with Gasteiger partial charge in [-0.05, 0) is 65.8 Å². The first-order valence-electron chi connectivity index (χ1n) is 12.3. The first-order valence-corrected chi connectivity index (χ1v) is 13.9. The lowest BCUT2D eigenvalue weighted by Crippen LogP contribution is -2.51. The van der Waals surface area contributed by atoms with Crippen molar-refractivity contribution >= 4 is 40.6 Å². The number of carbonyl (C=O) groups is 1. The minimum absolute atomic E-state index is 0.0171. The molecule has 1 aliphatic rings. The molecule has 0 N–H and O–H groups in total. The number of nitrogens with zero attached hydrogens (tertiary/aromatic N) is 3. The number of carbonyl (C=O) groups excluding carboxylic acids is 1. The summed E-state index contributed by atoms with van der Waals surface area (Å²) in [6.07, 6.45) is -0.534. The summed E-state index contributed by atoms with van der Waals surface area (Å²) in [5.41, 5.74) is -0.456. The molecule has 210 valence electrons. The van der Waals surface area contributed by atoms with Crippen molar-refractivity contribution in [2.45, 2.75) is 58.9 Å². The van der Waals surface area contributed by atoms with Gasteiger partial charge >= 0.3 is 6.09 Å². The standard InChI is InChI=1S/C27H30Cl2FN3O5S/c1-7-35-21-9-8-15(10-19(21)29)23-31-32-24(39-23)17-11-20(30)22(12-18(17)28)36-13-16-14-37-27(5,6)33(16)25(34)38-26(2,3)4/h8-12,16H,7,13-14H2,1-6H3/t16-/m0/s1. The average molecular weight is 599 g/mol. The molecule has 0 saturated carbocycles. The number of benzene rings is 2. The number of rotatable bonds is 7. The van der Waals surface area contributed by atoms with Crippen LogP contribution in [0.2, 0.25) is 10.0 Å². The van der Waals surface area contributed by atoms with Crippen LogP contribution in [0.3, 0.4) is 0 Å². The van der Waals surface area contributed by atoms with Gasteiger partial charge in [0.2, 0.25) is 0 Å². The Bertz CT molecular complexity index is 1360. The highest BCUT2D eigenvalue weighted by Gasteiger charge is 2.46. The van der Waals surface area contributed by atoms with E-state index in [-0.39, 0.29) is 24.0 Å². The molecule has 0 bridgehead atoms. The van der Waals surface area contributed by atoms with Crippen LogP contribution in [0, 0.1) is 5.82 Å². The first kappa shape index (κ1) is 29.3. The van der Waals surface area contributed by atoms with Gasteiger partial charge in [0.15, 0.2) is 11.6 Å². The Balaban J connectivity index is 1.49. The summed E-state index contributed by atoms with van der Waals surface area (Å²) >= 11 is 14.1. The molecule has 0 spiro atoms. The molecule has 4 rings (SSSR count). The summed E-state index contributed by atoms with van der Waals surface area (Å²) in [7, 11) is 0. The van der Waals surface area contributed by atoms with Crippen molar-refractivity contribution in [2.75, 3.05) is 19.8 Å². The smallest absolute Gasteiger partial charge is 0.413 e. The molecular weight excluding hydrogens is 568 g/mol. The number of amides is 1. The molecule has 0 radical (unpaired) electrons. The van der Waals surface area contributed by atoms with Crippen LogP contribution in [0.25, 0.3) is 21.1 Å². The maximum atomic E-state index is 15.1. The largest absolute Gasteiger partial charge is 0.492 e. The van der Waals surface area contributed by atoms with Crippen molar-refractivity contribution in [2.24, 2.45) is 0 Å². The fourth-order valence-corrected chi connectivity index (χ4v) is 5.44. The Morgan fingerprint density at radius 1 is 1.13 bits per heavy atom. The fraction of sp³-hybridized carbons (Fsp3) is 0.444. The molecule has 2 aromatic carbocycles. The lowest BCUT2D eigenvalue weighted by molar-refractivity contribution is -0.0637. The van der Waals surface area contributed by atoms with Crippen molar-refractivity contribution in [3.05, 3.63) is 46.2 Å². The Hall–Kier alpha value is -2.66. The van der Waals surface area contributed by atoms with E-state index in [9.17, 15) is 4.79 Å². The minimum Gasteiger partial charge on any atom is -0.492 e. The SMILES string of the molecule is CCOc1ccc(-c2nnc(-c3cc(F)c(OC[C@H]4COC(C)(C)N4C(=O)OC(C)(C)C)cc3Cl)s2)cc1Cl. The quantitative estimate of drug-likeness (QED) is 0.279. The molecule has 0 aliphatic carbocycles. The number of hydrogen-bond acceptors (Lipinski definition) is 8. The van der Waals surface area contributed by atoms with E-state index in [1.54, 1.807) is 46.8 Å². The molecule has 1 aliphatic heterocycles. The van der Waals surface area contributed by atoms with Gasteiger partial charge in [-0.2, -0.15) is 0 Å². The number of ether oxygens (including phenoxy) is 4. The summed E-state index contributed by atoms with van der Waals surface area (Å²) in [6.45, 7) is 11.5. The summed E-state index contributed by atoms with van der Waals surface area (Å²) < 4.78 is 37.7. The number of hydrogen-bond donors (Lipinski definition) is 0. The molecule has 0 unspecified atom stereocenters. The van der Waals surface area contributed by atoms with Gasteiger partial charge in [-0.25, -0.2) is 9.18 Å². The van der Waals surface area contributed by atoms with Gasteiger partial charge in [-0.3, -0.25) is 4.90 Å². The lowest BCUT2D eigenvalue weighted by atomic mass is 10.2. The van der Waals surface area contributed by atoms with E-state index < -0.39 is 29.3 Å². The zero-order valence-electron chi connectivity index (χ0n) is 22.5. The van der Waals surface area contributed by atoms with E-state index in [0.717, 1.165) is 5.56 Å². The normalized spacial score (nSPS) is 16.8. The zero-order valence-corrected chi connectivity index (χ0v) is 24.8. The van der Waals surface area contributed by atoms with E-state index in [0.29, 0.717) is 33.0 Å². The molecule has 1 fully saturated rings. The monoisotopic (exact) mass is 597 g/mol. The molecular formula is C27H30Cl2FN3O5S. The van der Waals surface area contributed by atoms with Gasteiger partial charge in [0, 0.05) is 17.2 Å². The summed E-state index contributed by atoms with van der Waals surface area (Å²) in [5, 5.41) is 10.1. The second-order valence-electron chi connectivity index (χ2n) is 10.3. The molecule has 1 atom stereocenters. The van der Waals surface area contributed by atoms with E-state index in [1.165, 1.54) is 28.4 Å². The summed E-state index contributed by atoms with van der Waals surface area (Å²) in [5.74, 6) is -0.104. The zero-order chi connectivity index (χ0) is 28.5. The molecule has 1 amide bonds. The number of aromatic nitrogens is 2. The number of halogens is 3. The van der Waals surface area contributed by atoms with E-state index >= 15 is 4.39 Å². The molecule has 12 heteroatoms. The third-order valence-corrected chi connectivity index (χ3v) is 7.37. The molecule has 39 heavy (non-hydrogen) atoms. The summed E-state index contributed by atoms with van der Waals surface area (Å²) in [4.78, 5) is 14.3. The van der Waals surface area contributed by atoms with Gasteiger partial charge in [0.1, 0.15) is 33.7 Å². The third kappa shape index (κ3) is 6.74. The van der Waals surface area contributed by atoms with Gasteiger partial charge in [-0.15, -0.1) is 10.2 Å². The predicted molar refractivity (Wildman–Crippen MR) is 149 cm³/mol. The van der Waals surface area contributed by atoms with E-state index in [2.05, 4.69) is 10.2 Å². The van der Waals surface area contributed by atoms with E-state index in [1.807, 2.05) is 13.0 Å². The molecule has 1 saturated heterocycles. The van der Waals surface area contributed by atoms with Crippen molar-refractivity contribution in [3.63, 3.8) is 0 Å². The van der Waals surface area contributed by atoms with Crippen LogP contribution in [0.5, 0.6) is 11.5 Å². The maximum absolute atomic E-state index is 15.1. The highest BCUT2D eigenvalue weighted by molar-refractivity contribution is 7.18. The molecule has 2 heterocycles. The first-order chi connectivity index (χ1) is 18.3. The van der Waals surface area contributed by atoms with Gasteiger partial charge in [0.25, 0.3) is 0 Å². The van der Waals surface area contributed by atoms with Crippen LogP contribution < -0.4 is 9.47 Å². The van der Waals surface area contributed by atoms with Crippen LogP contribution in [0.4, 0.5) is 9.18 Å². The van der Waals surface area contributed by atoms with Gasteiger partial charge in [0.05, 0.1) is 29.3 Å². The second-order valence-corrected chi connectivity index (χ2v) is 12.1. The second kappa shape index (κ2) is 11.4. The highest BCUT2D eigenvalue weighted by atomic mass is 35.5. The van der Waals surface area contributed by atoms with Crippen molar-refractivity contribution < 1.29 is 28.1 Å².